The maximum atomic E-state index is 13.3. The number of benzene rings is 6. The molecule has 3 amide bonds. The Labute approximate surface area is 390 Å². The second-order valence-electron chi connectivity index (χ2n) is 19.8. The predicted octanol–water partition coefficient (Wildman–Crippen LogP) is 6.56. The van der Waals surface area contributed by atoms with Gasteiger partial charge in [-0.25, -0.2) is 4.79 Å². The van der Waals surface area contributed by atoms with Gasteiger partial charge in [-0.2, -0.15) is 0 Å². The summed E-state index contributed by atoms with van der Waals surface area (Å²) in [6, 6.07) is 32.1. The van der Waals surface area contributed by atoms with Crippen LogP contribution in [-0.2, 0) is 48.3 Å². The van der Waals surface area contributed by atoms with Gasteiger partial charge >= 0.3 is 5.97 Å². The maximum Gasteiger partial charge on any atom is 0.331 e. The van der Waals surface area contributed by atoms with E-state index < -0.39 is 46.9 Å². The Morgan fingerprint density at radius 3 is 1.38 bits per heavy atom. The first-order valence-electron chi connectivity index (χ1n) is 23.2. The summed E-state index contributed by atoms with van der Waals surface area (Å²) in [6.07, 6.45) is -0.575. The van der Waals surface area contributed by atoms with Crippen molar-refractivity contribution >= 4 is 111 Å². The summed E-state index contributed by atoms with van der Waals surface area (Å²) in [6.45, 7) is 4.63. The molecule has 16 rings (SSSR count). The van der Waals surface area contributed by atoms with Gasteiger partial charge < -0.3 is 60.3 Å². The monoisotopic (exact) mass is 917 g/mol. The summed E-state index contributed by atoms with van der Waals surface area (Å²) in [4.78, 5) is 52.6. The van der Waals surface area contributed by atoms with Crippen LogP contribution in [0.15, 0.2) is 97.1 Å². The Morgan fingerprint density at radius 1 is 0.580 bits per heavy atom. The highest BCUT2D eigenvalue weighted by molar-refractivity contribution is 6.32. The Hall–Kier alpha value is -7.76. The van der Waals surface area contributed by atoms with Crippen LogP contribution in [0.4, 0.5) is 0 Å². The first kappa shape index (κ1) is 39.3. The van der Waals surface area contributed by atoms with Gasteiger partial charge in [-0.15, -0.1) is 0 Å². The number of aromatic nitrogens is 4. The average Bonchev–Trinajstić information content (AvgIpc) is 4.22. The molecule has 16 nitrogen and oxygen atoms in total. The molecule has 6 atom stereocenters. The van der Waals surface area contributed by atoms with E-state index in [1.54, 1.807) is 0 Å². The molecule has 4 aromatic heterocycles. The molecule has 6 aromatic carbocycles. The number of para-hydroxylation sites is 4. The highest BCUT2D eigenvalue weighted by Crippen LogP contribution is 2.59. The van der Waals surface area contributed by atoms with E-state index in [-0.39, 0.29) is 24.7 Å². The van der Waals surface area contributed by atoms with E-state index >= 15 is 0 Å². The second-order valence-corrected chi connectivity index (χ2v) is 19.8. The number of fused-ring (bicyclic) bond motifs is 26. The van der Waals surface area contributed by atoms with Crippen molar-refractivity contribution in [1.29, 1.82) is 0 Å². The van der Waals surface area contributed by atoms with E-state index in [0.29, 0.717) is 13.1 Å². The zero-order valence-corrected chi connectivity index (χ0v) is 37.6. The summed E-state index contributed by atoms with van der Waals surface area (Å²) < 4.78 is 27.2. The van der Waals surface area contributed by atoms with Crippen molar-refractivity contribution in [1.82, 2.24) is 28.9 Å². The van der Waals surface area contributed by atoms with E-state index in [2.05, 4.69) is 41.0 Å². The summed E-state index contributed by atoms with van der Waals surface area (Å²) in [7, 11) is 1.36. The van der Waals surface area contributed by atoms with Crippen LogP contribution in [0.5, 0.6) is 0 Å². The molecular formula is C53H43N9O7. The Bertz CT molecular complexity index is 4180. The van der Waals surface area contributed by atoms with Crippen molar-refractivity contribution in [2.75, 3.05) is 7.11 Å². The summed E-state index contributed by atoms with van der Waals surface area (Å²) in [5.74, 6) is -1.24. The van der Waals surface area contributed by atoms with Crippen LogP contribution >= 0.6 is 0 Å². The summed E-state index contributed by atoms with van der Waals surface area (Å²) in [5.41, 5.74) is 25.2. The molecule has 16 heteroatoms. The van der Waals surface area contributed by atoms with Crippen LogP contribution in [0, 0.1) is 0 Å². The molecular weight excluding hydrogens is 875 g/mol. The Balaban J connectivity index is 0.000000125. The largest absolute Gasteiger partial charge is 0.468 e. The minimum atomic E-state index is -1.44. The molecule has 2 fully saturated rings. The molecule has 69 heavy (non-hydrogen) atoms. The topological polar surface area (TPSA) is 218 Å². The van der Waals surface area contributed by atoms with Crippen molar-refractivity contribution in [3.63, 3.8) is 0 Å². The van der Waals surface area contributed by atoms with Crippen molar-refractivity contribution in [2.45, 2.75) is 74.8 Å². The third-order valence-corrected chi connectivity index (χ3v) is 16.8. The molecule has 2 saturated heterocycles. The number of nitrogens with two attached hydrogens (primary N) is 3. The molecule has 0 saturated carbocycles. The number of amides is 3. The first-order valence-corrected chi connectivity index (χ1v) is 23.2. The Kier molecular flexibility index (Phi) is 6.98. The number of methoxy groups -OCH3 is 1. The van der Waals surface area contributed by atoms with Gasteiger partial charge in [0, 0.05) is 69.0 Å². The lowest BCUT2D eigenvalue weighted by atomic mass is 9.85. The van der Waals surface area contributed by atoms with E-state index in [1.165, 1.54) is 7.11 Å². The first-order chi connectivity index (χ1) is 33.3. The zero-order chi connectivity index (χ0) is 47.0. The van der Waals surface area contributed by atoms with Gasteiger partial charge in [0.2, 0.25) is 5.91 Å². The third kappa shape index (κ3) is 4.14. The molecule has 0 radical (unpaired) electrons. The number of hydrogen-bond acceptors (Lipinski definition) is 9. The van der Waals surface area contributed by atoms with E-state index in [1.807, 2.05) is 98.8 Å². The van der Waals surface area contributed by atoms with Crippen molar-refractivity contribution in [3.8, 4) is 0 Å². The SMILES string of the molecule is CC12OC(C[C@]1(N)C(N)=O)n1c3ccccc3c3c4c(c5c6ccccc6n2c5c31)CNC4=O.COC(=O)[C@@]1(N)CC2OC1(C)n1c3ccccc3c3c4c(c5c6ccccc6n2c5c31)C(=O)NC4. The number of carbonyl (C=O) groups is 4. The van der Waals surface area contributed by atoms with Gasteiger partial charge in [-0.1, -0.05) is 72.8 Å². The van der Waals surface area contributed by atoms with Crippen LogP contribution in [-0.4, -0.2) is 60.1 Å². The highest BCUT2D eigenvalue weighted by atomic mass is 16.6. The minimum absolute atomic E-state index is 0.0640. The zero-order valence-electron chi connectivity index (χ0n) is 37.6. The summed E-state index contributed by atoms with van der Waals surface area (Å²) in [5, 5.41) is 13.9. The molecule has 4 unspecified atom stereocenters. The Morgan fingerprint density at radius 2 is 0.957 bits per heavy atom. The molecule has 10 aromatic rings. The van der Waals surface area contributed by atoms with Gasteiger partial charge in [0.25, 0.3) is 11.8 Å². The van der Waals surface area contributed by atoms with E-state index in [0.717, 1.165) is 109 Å². The summed E-state index contributed by atoms with van der Waals surface area (Å²) >= 11 is 0. The number of primary amides is 1. The van der Waals surface area contributed by atoms with Crippen molar-refractivity contribution in [2.24, 2.45) is 17.2 Å². The second kappa shape index (κ2) is 12.3. The minimum Gasteiger partial charge on any atom is -0.468 e. The number of rotatable bonds is 2. The van der Waals surface area contributed by atoms with Gasteiger partial charge in [0.1, 0.15) is 18.0 Å². The fraction of sp³-hybridized carbons (Fsp3) is 0.245. The average molecular weight is 918 g/mol. The van der Waals surface area contributed by atoms with Gasteiger partial charge in [-0.3, -0.25) is 14.4 Å². The highest BCUT2D eigenvalue weighted by Gasteiger charge is 2.65. The van der Waals surface area contributed by atoms with Gasteiger partial charge in [-0.05, 0) is 49.2 Å². The number of esters is 1. The molecule has 0 aliphatic carbocycles. The lowest BCUT2D eigenvalue weighted by molar-refractivity contribution is -0.166. The lowest BCUT2D eigenvalue weighted by Crippen LogP contribution is -2.64. The van der Waals surface area contributed by atoms with Crippen LogP contribution in [0.2, 0.25) is 0 Å². The molecule has 10 heterocycles. The molecule has 6 aliphatic heterocycles. The quantitative estimate of drug-likeness (QED) is 0.119. The normalized spacial score (nSPS) is 27.0. The number of nitrogens with one attached hydrogen (secondary N) is 2. The smallest absolute Gasteiger partial charge is 0.331 e. The van der Waals surface area contributed by atoms with Gasteiger partial charge in [0.15, 0.2) is 17.0 Å². The molecule has 0 spiro atoms. The standard InChI is InChI=1S/C27H22N4O4.C26H21N5O3/c1-26-27(28,25(33)34-2)11-18(35-26)30-16-9-5-3-7-13(16)20-21-15(12-29-24(21)32)19-14-8-4-6-10-17(14)31(26)23(19)22(20)30;1-25-26(28,24(27)33)10-17(34-25)30-15-8-4-2-6-12(15)19-20-14(11-29-23(20)32)18-13-7-3-5-9-16(13)31(25)22(18)21(19)30/h3-10,18H,11-12,28H2,1-2H3,(H,29,32);2-9,17H,10-11,28H2,1H3,(H2,27,33)(H,29,32)/t18?,26?,27-;17?,25?,26-/m00/s1. The number of ether oxygens (including phenoxy) is 3. The van der Waals surface area contributed by atoms with Crippen LogP contribution in [0.25, 0.3) is 87.2 Å². The molecule has 342 valence electrons. The molecule has 4 bridgehead atoms. The predicted molar refractivity (Wildman–Crippen MR) is 259 cm³/mol. The van der Waals surface area contributed by atoms with Crippen LogP contribution < -0.4 is 27.8 Å². The maximum absolute atomic E-state index is 13.3. The van der Waals surface area contributed by atoms with Gasteiger partial charge in [0.05, 0.1) is 62.4 Å². The number of hydrogen-bond donors (Lipinski definition) is 5. The van der Waals surface area contributed by atoms with Crippen LogP contribution in [0.3, 0.4) is 0 Å². The third-order valence-electron chi connectivity index (χ3n) is 16.8. The van der Waals surface area contributed by atoms with Crippen molar-refractivity contribution < 1.29 is 33.4 Å². The fourth-order valence-corrected chi connectivity index (χ4v) is 13.8. The van der Waals surface area contributed by atoms with E-state index in [4.69, 9.17) is 31.4 Å². The fourth-order valence-electron chi connectivity index (χ4n) is 13.8. The van der Waals surface area contributed by atoms with Crippen molar-refractivity contribution in [3.05, 3.63) is 119 Å². The number of nitrogens with zero attached hydrogens (tertiary/aromatic N) is 4. The number of carbonyl (C=O) groups excluding carboxylic acids is 4. The van der Waals surface area contributed by atoms with Crippen LogP contribution in [0.1, 0.15) is 71.0 Å². The molecule has 6 aliphatic rings. The molecule has 8 N–H and O–H groups in total. The van der Waals surface area contributed by atoms with E-state index in [9.17, 15) is 19.2 Å². The lowest BCUT2D eigenvalue weighted by Gasteiger charge is -2.38.